The zero-order valence-electron chi connectivity index (χ0n) is 8.18. The van der Waals surface area contributed by atoms with E-state index in [-0.39, 0.29) is 0 Å². The van der Waals surface area contributed by atoms with Crippen molar-refractivity contribution in [3.8, 4) is 0 Å². The number of rotatable bonds is 4. The number of hydrogen-bond donors (Lipinski definition) is 2. The minimum Gasteiger partial charge on any atom is -0.360 e. The molecule has 2 aliphatic carbocycles. The van der Waals surface area contributed by atoms with Crippen LogP contribution in [0.4, 0.5) is 0 Å². The summed E-state index contributed by atoms with van der Waals surface area (Å²) in [5.74, 6) is 0.978. The topological polar surface area (TPSA) is 24.1 Å². The van der Waals surface area contributed by atoms with Crippen LogP contribution in [0.1, 0.15) is 39.0 Å². The molecule has 1 unspecified atom stereocenters. The monoisotopic (exact) mass is 198 g/mol. The molecule has 3 heteroatoms. The zero-order valence-corrected chi connectivity index (χ0v) is 8.99. The Morgan fingerprint density at radius 1 is 1.38 bits per heavy atom. The maximum Gasteiger partial charge on any atom is 0.166 e. The molecule has 0 aliphatic heterocycles. The summed E-state index contributed by atoms with van der Waals surface area (Å²) in [5.41, 5.74) is 0. The molecule has 2 saturated carbocycles. The highest BCUT2D eigenvalue weighted by molar-refractivity contribution is 7.80. The predicted molar refractivity (Wildman–Crippen MR) is 58.7 cm³/mol. The van der Waals surface area contributed by atoms with Crippen molar-refractivity contribution >= 4 is 17.3 Å². The fraction of sp³-hybridized carbons (Fsp3) is 0.900. The van der Waals surface area contributed by atoms with Gasteiger partial charge in [0.2, 0.25) is 0 Å². The first kappa shape index (κ1) is 9.25. The standard InChI is InChI=1S/C10H18N2S/c1-7(6-8-2-3-8)11-10(13)12-9-4-5-9/h7-9H,2-6H2,1H3,(H2,11,12,13). The Morgan fingerprint density at radius 3 is 2.62 bits per heavy atom. The van der Waals surface area contributed by atoms with Crippen molar-refractivity contribution in [2.75, 3.05) is 0 Å². The molecule has 0 amide bonds. The summed E-state index contributed by atoms with van der Waals surface area (Å²) >= 11 is 5.20. The molecule has 0 radical (unpaired) electrons. The fourth-order valence-electron chi connectivity index (χ4n) is 1.59. The van der Waals surface area contributed by atoms with Gasteiger partial charge < -0.3 is 10.6 Å². The molecule has 1 atom stereocenters. The van der Waals surface area contributed by atoms with Crippen LogP contribution in [0.2, 0.25) is 0 Å². The van der Waals surface area contributed by atoms with Gasteiger partial charge in [-0.15, -0.1) is 0 Å². The Bertz CT molecular complexity index is 197. The van der Waals surface area contributed by atoms with Crippen molar-refractivity contribution in [2.45, 2.75) is 51.1 Å². The maximum absolute atomic E-state index is 5.20. The van der Waals surface area contributed by atoms with Crippen LogP contribution in [0.25, 0.3) is 0 Å². The molecule has 0 aromatic heterocycles. The van der Waals surface area contributed by atoms with Crippen LogP contribution in [-0.4, -0.2) is 17.2 Å². The average molecular weight is 198 g/mol. The van der Waals surface area contributed by atoms with Gasteiger partial charge in [0.25, 0.3) is 0 Å². The lowest BCUT2D eigenvalue weighted by molar-refractivity contribution is 0.558. The first-order valence-electron chi connectivity index (χ1n) is 5.31. The van der Waals surface area contributed by atoms with Gasteiger partial charge in [-0.2, -0.15) is 0 Å². The summed E-state index contributed by atoms with van der Waals surface area (Å²) in [6.45, 7) is 2.22. The number of hydrogen-bond acceptors (Lipinski definition) is 1. The zero-order chi connectivity index (χ0) is 9.26. The van der Waals surface area contributed by atoms with Crippen molar-refractivity contribution in [1.29, 1.82) is 0 Å². The van der Waals surface area contributed by atoms with E-state index in [2.05, 4.69) is 17.6 Å². The van der Waals surface area contributed by atoms with E-state index < -0.39 is 0 Å². The molecule has 0 aromatic carbocycles. The van der Waals surface area contributed by atoms with E-state index in [0.717, 1.165) is 11.0 Å². The van der Waals surface area contributed by atoms with E-state index in [1.165, 1.54) is 32.1 Å². The number of nitrogens with one attached hydrogen (secondary N) is 2. The number of thiocarbonyl (C=S) groups is 1. The SMILES string of the molecule is CC(CC1CC1)NC(=S)NC1CC1. The third-order valence-electron chi connectivity index (χ3n) is 2.67. The first-order valence-corrected chi connectivity index (χ1v) is 5.72. The van der Waals surface area contributed by atoms with Crippen LogP contribution in [0.15, 0.2) is 0 Å². The van der Waals surface area contributed by atoms with Gasteiger partial charge in [0.1, 0.15) is 0 Å². The Morgan fingerprint density at radius 2 is 2.08 bits per heavy atom. The Labute approximate surface area is 85.5 Å². The Balaban J connectivity index is 1.59. The highest BCUT2D eigenvalue weighted by Crippen LogP contribution is 2.33. The molecular weight excluding hydrogens is 180 g/mol. The van der Waals surface area contributed by atoms with E-state index in [1.807, 2.05) is 0 Å². The van der Waals surface area contributed by atoms with Crippen molar-refractivity contribution in [3.05, 3.63) is 0 Å². The normalized spacial score (nSPS) is 23.8. The fourth-order valence-corrected chi connectivity index (χ4v) is 1.96. The Hall–Kier alpha value is -0.310. The van der Waals surface area contributed by atoms with Gasteiger partial charge in [-0.3, -0.25) is 0 Å². The summed E-state index contributed by atoms with van der Waals surface area (Å²) in [7, 11) is 0. The lowest BCUT2D eigenvalue weighted by Gasteiger charge is -2.16. The highest BCUT2D eigenvalue weighted by atomic mass is 32.1. The largest absolute Gasteiger partial charge is 0.360 e. The summed E-state index contributed by atoms with van der Waals surface area (Å²) < 4.78 is 0. The molecule has 74 valence electrons. The maximum atomic E-state index is 5.20. The van der Waals surface area contributed by atoms with Gasteiger partial charge in [0, 0.05) is 12.1 Å². The molecule has 0 heterocycles. The van der Waals surface area contributed by atoms with Crippen LogP contribution in [0, 0.1) is 5.92 Å². The molecule has 0 spiro atoms. The molecule has 2 rings (SSSR count). The van der Waals surface area contributed by atoms with E-state index in [9.17, 15) is 0 Å². The minimum absolute atomic E-state index is 0.547. The lowest BCUT2D eigenvalue weighted by Crippen LogP contribution is -2.41. The third kappa shape index (κ3) is 3.51. The van der Waals surface area contributed by atoms with E-state index >= 15 is 0 Å². The van der Waals surface area contributed by atoms with E-state index in [0.29, 0.717) is 12.1 Å². The molecule has 0 aromatic rings. The van der Waals surface area contributed by atoms with Crippen LogP contribution in [-0.2, 0) is 0 Å². The quantitative estimate of drug-likeness (QED) is 0.674. The summed E-state index contributed by atoms with van der Waals surface area (Å²) in [6, 6.07) is 1.22. The molecule has 2 aliphatic rings. The van der Waals surface area contributed by atoms with Gasteiger partial charge >= 0.3 is 0 Å². The molecular formula is C10H18N2S. The molecule has 2 N–H and O–H groups in total. The van der Waals surface area contributed by atoms with Crippen molar-refractivity contribution in [1.82, 2.24) is 10.6 Å². The van der Waals surface area contributed by atoms with Gasteiger partial charge in [-0.1, -0.05) is 12.8 Å². The van der Waals surface area contributed by atoms with Crippen LogP contribution in [0.5, 0.6) is 0 Å². The van der Waals surface area contributed by atoms with Gasteiger partial charge in [0.15, 0.2) is 5.11 Å². The summed E-state index contributed by atoms with van der Waals surface area (Å²) in [5, 5.41) is 7.50. The summed E-state index contributed by atoms with van der Waals surface area (Å²) in [6.07, 6.45) is 6.72. The summed E-state index contributed by atoms with van der Waals surface area (Å²) in [4.78, 5) is 0. The van der Waals surface area contributed by atoms with Gasteiger partial charge in [-0.25, -0.2) is 0 Å². The average Bonchev–Trinajstić information content (AvgIpc) is 2.81. The van der Waals surface area contributed by atoms with E-state index in [4.69, 9.17) is 12.2 Å². The van der Waals surface area contributed by atoms with E-state index in [1.54, 1.807) is 0 Å². The molecule has 0 saturated heterocycles. The molecule has 2 fully saturated rings. The van der Waals surface area contributed by atoms with Crippen molar-refractivity contribution in [3.63, 3.8) is 0 Å². The second-order valence-electron chi connectivity index (χ2n) is 4.47. The Kier molecular flexibility index (Phi) is 2.72. The van der Waals surface area contributed by atoms with Gasteiger partial charge in [0.05, 0.1) is 0 Å². The van der Waals surface area contributed by atoms with Crippen molar-refractivity contribution < 1.29 is 0 Å². The molecule has 13 heavy (non-hydrogen) atoms. The van der Waals surface area contributed by atoms with Crippen LogP contribution < -0.4 is 10.6 Å². The third-order valence-corrected chi connectivity index (χ3v) is 2.91. The molecule has 0 bridgehead atoms. The van der Waals surface area contributed by atoms with Crippen molar-refractivity contribution in [2.24, 2.45) is 5.92 Å². The highest BCUT2D eigenvalue weighted by Gasteiger charge is 2.25. The predicted octanol–water partition coefficient (Wildman–Crippen LogP) is 1.80. The van der Waals surface area contributed by atoms with Gasteiger partial charge in [-0.05, 0) is 44.3 Å². The lowest BCUT2D eigenvalue weighted by atomic mass is 10.2. The van der Waals surface area contributed by atoms with Crippen LogP contribution in [0.3, 0.4) is 0 Å². The first-order chi connectivity index (χ1) is 6.24. The van der Waals surface area contributed by atoms with Crippen LogP contribution >= 0.6 is 12.2 Å². The minimum atomic E-state index is 0.547. The molecule has 2 nitrogen and oxygen atoms in total. The smallest absolute Gasteiger partial charge is 0.166 e. The second-order valence-corrected chi connectivity index (χ2v) is 4.88. The second kappa shape index (κ2) is 3.82.